The normalized spacial score (nSPS) is 16.8. The Labute approximate surface area is 225 Å². The van der Waals surface area contributed by atoms with E-state index in [2.05, 4.69) is 11.9 Å². The average Bonchev–Trinajstić information content (AvgIpc) is 3.49. The molecule has 1 saturated heterocycles. The van der Waals surface area contributed by atoms with Crippen LogP contribution in [-0.4, -0.2) is 35.5 Å². The van der Waals surface area contributed by atoms with Crippen molar-refractivity contribution in [1.29, 1.82) is 0 Å². The first-order chi connectivity index (χ1) is 18.4. The molecule has 1 fully saturated rings. The van der Waals surface area contributed by atoms with Crippen molar-refractivity contribution in [3.05, 3.63) is 89.0 Å². The van der Waals surface area contributed by atoms with Crippen LogP contribution in [0.3, 0.4) is 0 Å². The third-order valence-electron chi connectivity index (χ3n) is 6.54. The zero-order valence-electron chi connectivity index (χ0n) is 21.4. The summed E-state index contributed by atoms with van der Waals surface area (Å²) >= 11 is 1.30. The summed E-state index contributed by atoms with van der Waals surface area (Å²) in [6.07, 6.45) is 1.73. The van der Waals surface area contributed by atoms with Gasteiger partial charge in [0.2, 0.25) is 0 Å². The summed E-state index contributed by atoms with van der Waals surface area (Å²) in [6.45, 7) is 4.66. The third-order valence-corrected chi connectivity index (χ3v) is 7.56. The molecule has 1 aliphatic rings. The number of ketones is 1. The first-order valence-electron chi connectivity index (χ1n) is 12.5. The van der Waals surface area contributed by atoms with E-state index in [4.69, 9.17) is 9.47 Å². The van der Waals surface area contributed by atoms with E-state index < -0.39 is 17.7 Å². The fourth-order valence-electron chi connectivity index (χ4n) is 4.49. The van der Waals surface area contributed by atoms with Crippen LogP contribution in [0, 0.1) is 0 Å². The maximum absolute atomic E-state index is 13.5. The van der Waals surface area contributed by atoms with Crippen molar-refractivity contribution in [1.82, 2.24) is 4.98 Å². The minimum atomic E-state index is -0.834. The molecule has 1 atom stereocenters. The van der Waals surface area contributed by atoms with Gasteiger partial charge in [0, 0.05) is 5.56 Å². The molecule has 3 aromatic carbocycles. The lowest BCUT2D eigenvalue weighted by Gasteiger charge is -2.23. The second-order valence-corrected chi connectivity index (χ2v) is 9.98. The number of ether oxygens (including phenoxy) is 2. The molecule has 38 heavy (non-hydrogen) atoms. The molecule has 0 radical (unpaired) electrons. The number of carbonyl (C=O) groups is 2. The van der Waals surface area contributed by atoms with E-state index in [9.17, 15) is 14.7 Å². The number of aliphatic hydroxyl groups is 1. The van der Waals surface area contributed by atoms with E-state index in [-0.39, 0.29) is 11.3 Å². The zero-order valence-corrected chi connectivity index (χ0v) is 22.2. The molecule has 194 valence electrons. The second kappa shape index (κ2) is 10.7. The predicted molar refractivity (Wildman–Crippen MR) is 149 cm³/mol. The Bertz CT molecular complexity index is 1520. The molecule has 4 aromatic rings. The van der Waals surface area contributed by atoms with Gasteiger partial charge in [-0.3, -0.25) is 14.5 Å². The number of hydrogen-bond acceptors (Lipinski definition) is 7. The Morgan fingerprint density at radius 3 is 2.37 bits per heavy atom. The quantitative estimate of drug-likeness (QED) is 0.164. The van der Waals surface area contributed by atoms with Gasteiger partial charge in [-0.05, 0) is 66.4 Å². The van der Waals surface area contributed by atoms with E-state index in [1.165, 1.54) is 16.2 Å². The molecule has 1 N–H and O–H groups in total. The third kappa shape index (κ3) is 4.63. The number of aryl methyl sites for hydroxylation is 1. The van der Waals surface area contributed by atoms with Crippen molar-refractivity contribution in [3.8, 4) is 11.5 Å². The van der Waals surface area contributed by atoms with E-state index in [1.807, 2.05) is 43.3 Å². The summed E-state index contributed by atoms with van der Waals surface area (Å²) in [7, 11) is 1.59. The highest BCUT2D eigenvalue weighted by Crippen LogP contribution is 2.44. The van der Waals surface area contributed by atoms with Gasteiger partial charge in [0.05, 0.1) is 35.5 Å². The maximum Gasteiger partial charge on any atom is 0.301 e. The number of benzene rings is 3. The van der Waals surface area contributed by atoms with Gasteiger partial charge in [-0.25, -0.2) is 4.98 Å². The number of methoxy groups -OCH3 is 1. The molecule has 0 spiro atoms. The van der Waals surface area contributed by atoms with E-state index in [0.717, 1.165) is 23.1 Å². The summed E-state index contributed by atoms with van der Waals surface area (Å²) < 4.78 is 11.8. The number of thiazole rings is 1. The van der Waals surface area contributed by atoms with Crippen LogP contribution in [0.5, 0.6) is 11.5 Å². The number of carbonyl (C=O) groups excluding carboxylic acids is 2. The molecule has 1 amide bonds. The molecule has 5 rings (SSSR count). The largest absolute Gasteiger partial charge is 0.507 e. The lowest BCUT2D eigenvalue weighted by Crippen LogP contribution is -2.29. The zero-order chi connectivity index (χ0) is 26.8. The van der Waals surface area contributed by atoms with Gasteiger partial charge >= 0.3 is 5.91 Å². The van der Waals surface area contributed by atoms with Gasteiger partial charge in [0.15, 0.2) is 5.13 Å². The Kier molecular flexibility index (Phi) is 7.15. The van der Waals surface area contributed by atoms with Crippen LogP contribution in [0.1, 0.15) is 43.0 Å². The van der Waals surface area contributed by atoms with Gasteiger partial charge in [-0.1, -0.05) is 49.4 Å². The molecule has 2 heterocycles. The summed E-state index contributed by atoms with van der Waals surface area (Å²) in [6, 6.07) is 19.2. The molecular weight excluding hydrogens is 500 g/mol. The number of Topliss-reactive ketones (excluding diaryl/α,β-unsaturated/α-hetero) is 1. The predicted octanol–water partition coefficient (Wildman–Crippen LogP) is 6.28. The van der Waals surface area contributed by atoms with Crippen LogP contribution in [0.25, 0.3) is 16.0 Å². The van der Waals surface area contributed by atoms with Crippen molar-refractivity contribution in [3.63, 3.8) is 0 Å². The Morgan fingerprint density at radius 2 is 1.71 bits per heavy atom. The highest BCUT2D eigenvalue weighted by atomic mass is 32.1. The fourth-order valence-corrected chi connectivity index (χ4v) is 5.51. The second-order valence-electron chi connectivity index (χ2n) is 8.97. The lowest BCUT2D eigenvalue weighted by atomic mass is 9.94. The van der Waals surface area contributed by atoms with Crippen LogP contribution < -0.4 is 14.4 Å². The summed E-state index contributed by atoms with van der Waals surface area (Å²) in [5.41, 5.74) is 2.98. The van der Waals surface area contributed by atoms with Crippen molar-refractivity contribution in [2.24, 2.45) is 0 Å². The van der Waals surface area contributed by atoms with E-state index >= 15 is 0 Å². The number of hydrogen-bond donors (Lipinski definition) is 1. The van der Waals surface area contributed by atoms with Crippen LogP contribution >= 0.6 is 11.3 Å². The monoisotopic (exact) mass is 528 g/mol. The number of fused-ring (bicyclic) bond motifs is 1. The molecule has 1 aliphatic heterocycles. The molecule has 1 aromatic heterocycles. The lowest BCUT2D eigenvalue weighted by molar-refractivity contribution is -0.132. The summed E-state index contributed by atoms with van der Waals surface area (Å²) in [4.78, 5) is 33.0. The van der Waals surface area contributed by atoms with Crippen LogP contribution in [0.4, 0.5) is 5.13 Å². The van der Waals surface area contributed by atoms with E-state index in [0.29, 0.717) is 39.9 Å². The van der Waals surface area contributed by atoms with Gasteiger partial charge in [0.1, 0.15) is 17.3 Å². The van der Waals surface area contributed by atoms with Crippen LogP contribution in [0.2, 0.25) is 0 Å². The molecular formula is C30H28N2O5S. The van der Waals surface area contributed by atoms with Gasteiger partial charge in [0.25, 0.3) is 5.78 Å². The number of nitrogens with zero attached hydrogens (tertiary/aromatic N) is 2. The molecule has 0 saturated carbocycles. The SMILES string of the molecule is CCCOc1ccc(/C(O)=C2\C(=O)C(=O)N(c3nc4ccc(OC)cc4s3)C2c2ccc(CC)cc2)cc1. The molecule has 1 unspecified atom stereocenters. The van der Waals surface area contributed by atoms with Crippen molar-refractivity contribution in [2.45, 2.75) is 32.7 Å². The number of rotatable bonds is 8. The number of anilines is 1. The first kappa shape index (κ1) is 25.5. The molecule has 0 bridgehead atoms. The Hall–Kier alpha value is -4.17. The average molecular weight is 529 g/mol. The minimum absolute atomic E-state index is 0.0262. The Balaban J connectivity index is 1.64. The van der Waals surface area contributed by atoms with Crippen molar-refractivity contribution in [2.75, 3.05) is 18.6 Å². The summed E-state index contributed by atoms with van der Waals surface area (Å²) in [5, 5.41) is 11.8. The summed E-state index contributed by atoms with van der Waals surface area (Å²) in [5.74, 6) is -0.381. The first-order valence-corrected chi connectivity index (χ1v) is 13.3. The highest BCUT2D eigenvalue weighted by molar-refractivity contribution is 7.22. The minimum Gasteiger partial charge on any atom is -0.507 e. The van der Waals surface area contributed by atoms with E-state index in [1.54, 1.807) is 37.4 Å². The fraction of sp³-hybridized carbons (Fsp3) is 0.233. The van der Waals surface area contributed by atoms with Crippen molar-refractivity contribution >= 4 is 44.1 Å². The molecule has 8 heteroatoms. The molecule has 7 nitrogen and oxygen atoms in total. The van der Waals surface area contributed by atoms with Crippen LogP contribution in [0.15, 0.2) is 72.3 Å². The standard InChI is InChI=1S/C30H28N2O5S/c1-4-16-37-21-12-10-20(11-13-21)27(33)25-26(19-8-6-18(5-2)7-9-19)32(29(35)28(25)34)30-31-23-15-14-22(36-3)17-24(23)38-30/h6-15,17,26,33H,4-5,16H2,1-3H3/b27-25+. The Morgan fingerprint density at radius 1 is 1.00 bits per heavy atom. The van der Waals surface area contributed by atoms with Gasteiger partial charge in [-0.15, -0.1) is 0 Å². The number of aromatic nitrogens is 1. The highest BCUT2D eigenvalue weighted by Gasteiger charge is 2.48. The maximum atomic E-state index is 13.5. The van der Waals surface area contributed by atoms with Crippen LogP contribution in [-0.2, 0) is 16.0 Å². The number of aliphatic hydroxyl groups excluding tert-OH is 1. The van der Waals surface area contributed by atoms with Crippen molar-refractivity contribution < 1.29 is 24.2 Å². The number of amides is 1. The van der Waals surface area contributed by atoms with Gasteiger partial charge < -0.3 is 14.6 Å². The van der Waals surface area contributed by atoms with Gasteiger partial charge in [-0.2, -0.15) is 0 Å². The molecule has 0 aliphatic carbocycles. The topological polar surface area (TPSA) is 89.0 Å². The smallest absolute Gasteiger partial charge is 0.301 e.